The van der Waals surface area contributed by atoms with Gasteiger partial charge in [0.2, 0.25) is 0 Å². The van der Waals surface area contributed by atoms with Crippen LogP contribution in [0.15, 0.2) is 18.2 Å². The maximum atomic E-state index is 13.6. The van der Waals surface area contributed by atoms with Crippen molar-refractivity contribution in [3.63, 3.8) is 0 Å². The molecule has 1 N–H and O–H groups in total. The molecule has 1 amide bonds. The molecular weight excluding hydrogens is 289 g/mol. The summed E-state index contributed by atoms with van der Waals surface area (Å²) in [5.41, 5.74) is 0.834. The van der Waals surface area contributed by atoms with E-state index in [1.54, 1.807) is 13.0 Å². The van der Waals surface area contributed by atoms with Gasteiger partial charge in [-0.25, -0.2) is 4.39 Å². The molecular formula is C16H20FNO4. The zero-order valence-electron chi connectivity index (χ0n) is 12.7. The molecule has 0 radical (unpaired) electrons. The molecule has 0 bridgehead atoms. The highest BCUT2D eigenvalue weighted by Crippen LogP contribution is 2.23. The van der Waals surface area contributed by atoms with Crippen molar-refractivity contribution in [1.29, 1.82) is 0 Å². The molecule has 120 valence electrons. The van der Waals surface area contributed by atoms with Crippen LogP contribution in [0.5, 0.6) is 5.75 Å². The van der Waals surface area contributed by atoms with Crippen LogP contribution in [0.1, 0.15) is 25.3 Å². The Bertz CT molecular complexity index is 575. The fourth-order valence-corrected chi connectivity index (χ4v) is 2.60. The molecule has 1 aromatic rings. The van der Waals surface area contributed by atoms with Crippen LogP contribution in [0.3, 0.4) is 0 Å². The maximum absolute atomic E-state index is 13.6. The van der Waals surface area contributed by atoms with Crippen molar-refractivity contribution in [2.24, 2.45) is 5.92 Å². The number of halogens is 1. The summed E-state index contributed by atoms with van der Waals surface area (Å²) in [6.45, 7) is 3.56. The summed E-state index contributed by atoms with van der Waals surface area (Å²) in [6, 6.07) is 4.41. The van der Waals surface area contributed by atoms with E-state index < -0.39 is 17.7 Å². The Morgan fingerprint density at radius 2 is 2.14 bits per heavy atom. The first-order valence-electron chi connectivity index (χ1n) is 7.29. The van der Waals surface area contributed by atoms with Crippen LogP contribution in [0, 0.1) is 18.7 Å². The van der Waals surface area contributed by atoms with Crippen molar-refractivity contribution >= 4 is 11.9 Å². The van der Waals surface area contributed by atoms with Gasteiger partial charge in [0.25, 0.3) is 5.91 Å². The van der Waals surface area contributed by atoms with Crippen molar-refractivity contribution in [3.8, 4) is 5.75 Å². The van der Waals surface area contributed by atoms with E-state index in [1.807, 2.05) is 6.92 Å². The van der Waals surface area contributed by atoms with E-state index in [-0.39, 0.29) is 30.9 Å². The van der Waals surface area contributed by atoms with Crippen molar-refractivity contribution < 1.29 is 23.8 Å². The second kappa shape index (κ2) is 6.77. The lowest BCUT2D eigenvalue weighted by molar-refractivity contribution is -0.147. The topological polar surface area (TPSA) is 66.8 Å². The Kier molecular flexibility index (Phi) is 5.00. The summed E-state index contributed by atoms with van der Waals surface area (Å²) in [5.74, 6) is -2.24. The van der Waals surface area contributed by atoms with E-state index in [0.29, 0.717) is 12.8 Å². The van der Waals surface area contributed by atoms with Gasteiger partial charge in [-0.3, -0.25) is 9.59 Å². The fourth-order valence-electron chi connectivity index (χ4n) is 2.60. The molecule has 2 atom stereocenters. The molecule has 2 rings (SSSR count). The lowest BCUT2D eigenvalue weighted by Crippen LogP contribution is -2.49. The summed E-state index contributed by atoms with van der Waals surface area (Å²) in [5, 5.41) is 9.08. The van der Waals surface area contributed by atoms with Crippen LogP contribution < -0.4 is 4.74 Å². The van der Waals surface area contributed by atoms with E-state index in [4.69, 9.17) is 9.84 Å². The Hall–Kier alpha value is -2.11. The normalized spacial score (nSPS) is 21.5. The molecule has 22 heavy (non-hydrogen) atoms. The van der Waals surface area contributed by atoms with Gasteiger partial charge in [-0.1, -0.05) is 6.07 Å². The molecule has 0 aliphatic carbocycles. The van der Waals surface area contributed by atoms with Gasteiger partial charge < -0.3 is 14.7 Å². The summed E-state index contributed by atoms with van der Waals surface area (Å²) in [4.78, 5) is 24.8. The lowest BCUT2D eigenvalue weighted by Gasteiger charge is -2.36. The molecule has 6 heteroatoms. The zero-order valence-corrected chi connectivity index (χ0v) is 12.7. The number of carboxylic acid groups (broad SMARTS) is 1. The third kappa shape index (κ3) is 3.75. The third-order valence-electron chi connectivity index (χ3n) is 3.99. The number of piperidine rings is 1. The van der Waals surface area contributed by atoms with Crippen LogP contribution in [0.4, 0.5) is 4.39 Å². The number of carbonyl (C=O) groups excluding carboxylic acids is 1. The smallest absolute Gasteiger partial charge is 0.308 e. The highest BCUT2D eigenvalue weighted by atomic mass is 19.1. The first-order valence-corrected chi connectivity index (χ1v) is 7.29. The predicted octanol–water partition coefficient (Wildman–Crippen LogP) is 2.22. The zero-order chi connectivity index (χ0) is 16.3. The summed E-state index contributed by atoms with van der Waals surface area (Å²) in [6.07, 6.45) is 1.20. The SMILES string of the molecule is Cc1ccc(F)c(OCC(=O)N2CC(C(=O)O)CCC2C)c1. The number of nitrogens with zero attached hydrogens (tertiary/aromatic N) is 1. The van der Waals surface area contributed by atoms with Crippen LogP contribution in [-0.4, -0.2) is 41.1 Å². The summed E-state index contributed by atoms with van der Waals surface area (Å²) in [7, 11) is 0. The molecule has 2 unspecified atom stereocenters. The molecule has 1 aliphatic rings. The highest BCUT2D eigenvalue weighted by Gasteiger charge is 2.32. The van der Waals surface area contributed by atoms with Gasteiger partial charge in [-0.05, 0) is 44.4 Å². The van der Waals surface area contributed by atoms with Gasteiger partial charge in [0, 0.05) is 12.6 Å². The van der Waals surface area contributed by atoms with Gasteiger partial charge in [-0.2, -0.15) is 0 Å². The van der Waals surface area contributed by atoms with Gasteiger partial charge in [0.1, 0.15) is 0 Å². The molecule has 5 nitrogen and oxygen atoms in total. The summed E-state index contributed by atoms with van der Waals surface area (Å²) < 4.78 is 18.8. The number of aryl methyl sites for hydroxylation is 1. The number of carboxylic acids is 1. The van der Waals surface area contributed by atoms with E-state index in [2.05, 4.69) is 0 Å². The third-order valence-corrected chi connectivity index (χ3v) is 3.99. The Balaban J connectivity index is 1.98. The van der Waals surface area contributed by atoms with Crippen molar-refractivity contribution in [2.45, 2.75) is 32.7 Å². The standard InChI is InChI=1S/C16H20FNO4/c1-10-3-6-13(17)14(7-10)22-9-15(19)18-8-12(16(20)21)5-4-11(18)2/h3,6-7,11-12H,4-5,8-9H2,1-2H3,(H,20,21). The second-order valence-electron chi connectivity index (χ2n) is 5.73. The number of hydrogen-bond acceptors (Lipinski definition) is 3. The molecule has 0 aromatic heterocycles. The Labute approximate surface area is 128 Å². The monoisotopic (exact) mass is 309 g/mol. The summed E-state index contributed by atoms with van der Waals surface area (Å²) >= 11 is 0. The largest absolute Gasteiger partial charge is 0.481 e. The molecule has 1 aromatic carbocycles. The minimum atomic E-state index is -0.893. The number of aliphatic carboxylic acids is 1. The quantitative estimate of drug-likeness (QED) is 0.926. The fraction of sp³-hybridized carbons (Fsp3) is 0.500. The van der Waals surface area contributed by atoms with Gasteiger partial charge in [0.05, 0.1) is 5.92 Å². The number of rotatable bonds is 4. The number of ether oxygens (including phenoxy) is 1. The highest BCUT2D eigenvalue weighted by molar-refractivity contribution is 5.79. The molecule has 0 spiro atoms. The number of hydrogen-bond donors (Lipinski definition) is 1. The average molecular weight is 309 g/mol. The molecule has 1 heterocycles. The van der Waals surface area contributed by atoms with Crippen molar-refractivity contribution in [1.82, 2.24) is 4.90 Å². The van der Waals surface area contributed by atoms with Crippen LogP contribution >= 0.6 is 0 Å². The number of likely N-dealkylation sites (tertiary alicyclic amines) is 1. The number of carbonyl (C=O) groups is 2. The van der Waals surface area contributed by atoms with Gasteiger partial charge in [0.15, 0.2) is 18.2 Å². The van der Waals surface area contributed by atoms with Crippen LogP contribution in [0.25, 0.3) is 0 Å². The van der Waals surface area contributed by atoms with Crippen LogP contribution in [0.2, 0.25) is 0 Å². The number of benzene rings is 1. The second-order valence-corrected chi connectivity index (χ2v) is 5.73. The van der Waals surface area contributed by atoms with Gasteiger partial charge in [-0.15, -0.1) is 0 Å². The lowest BCUT2D eigenvalue weighted by atomic mass is 9.93. The molecule has 1 aliphatic heterocycles. The van der Waals surface area contributed by atoms with Crippen molar-refractivity contribution in [3.05, 3.63) is 29.6 Å². The predicted molar refractivity (Wildman–Crippen MR) is 78.2 cm³/mol. The van der Waals surface area contributed by atoms with Crippen molar-refractivity contribution in [2.75, 3.05) is 13.2 Å². The minimum absolute atomic E-state index is 0.0333. The Morgan fingerprint density at radius 3 is 2.82 bits per heavy atom. The minimum Gasteiger partial charge on any atom is -0.481 e. The van der Waals surface area contributed by atoms with Crippen LogP contribution in [-0.2, 0) is 9.59 Å². The first kappa shape index (κ1) is 16.3. The Morgan fingerprint density at radius 1 is 1.41 bits per heavy atom. The first-order chi connectivity index (χ1) is 10.4. The van der Waals surface area contributed by atoms with E-state index in [9.17, 15) is 14.0 Å². The molecule has 1 saturated heterocycles. The number of amides is 1. The van der Waals surface area contributed by atoms with Gasteiger partial charge >= 0.3 is 5.97 Å². The average Bonchev–Trinajstić information content (AvgIpc) is 2.48. The maximum Gasteiger partial charge on any atom is 0.308 e. The van der Waals surface area contributed by atoms with E-state index in [1.165, 1.54) is 17.0 Å². The van der Waals surface area contributed by atoms with E-state index in [0.717, 1.165) is 5.56 Å². The molecule has 1 fully saturated rings. The molecule has 0 saturated carbocycles. The van der Waals surface area contributed by atoms with E-state index >= 15 is 0 Å².